The number of hydrogen-bond acceptors (Lipinski definition) is 4. The maximum atomic E-state index is 9.20. The minimum atomic E-state index is -0.234. The van der Waals surface area contributed by atoms with E-state index in [9.17, 15) is 5.26 Å². The smallest absolute Gasteiger partial charge is 0.180 e. The van der Waals surface area contributed by atoms with Crippen LogP contribution in [0.4, 0.5) is 0 Å². The van der Waals surface area contributed by atoms with Gasteiger partial charge in [0, 0.05) is 6.42 Å². The van der Waals surface area contributed by atoms with Crippen molar-refractivity contribution in [2.75, 3.05) is 13.1 Å². The molecule has 0 atom stereocenters. The Morgan fingerprint density at radius 2 is 2.36 bits per heavy atom. The number of aromatic nitrogens is 1. The number of nitrogens with zero attached hydrogens (tertiary/aromatic N) is 2. The van der Waals surface area contributed by atoms with Crippen LogP contribution in [0.2, 0.25) is 0 Å². The molecule has 2 rings (SSSR count). The van der Waals surface area contributed by atoms with E-state index in [2.05, 4.69) is 16.4 Å². The summed E-state index contributed by atoms with van der Waals surface area (Å²) in [7, 11) is 0. The SMILES string of the molecule is N#CC1(Cc2cocn2)CCNCC1. The number of rotatable bonds is 2. The summed E-state index contributed by atoms with van der Waals surface area (Å²) in [6.07, 6.45) is 5.55. The van der Waals surface area contributed by atoms with Crippen LogP contribution in [0.5, 0.6) is 0 Å². The third kappa shape index (κ3) is 1.78. The van der Waals surface area contributed by atoms with Crippen LogP contribution in [0.25, 0.3) is 0 Å². The third-order valence-corrected chi connectivity index (χ3v) is 2.80. The minimum absolute atomic E-state index is 0.234. The highest BCUT2D eigenvalue weighted by Crippen LogP contribution is 2.31. The summed E-state index contributed by atoms with van der Waals surface area (Å²) >= 11 is 0. The number of piperidine rings is 1. The Morgan fingerprint density at radius 1 is 1.57 bits per heavy atom. The van der Waals surface area contributed by atoms with Gasteiger partial charge in [-0.3, -0.25) is 0 Å². The first-order chi connectivity index (χ1) is 6.85. The fraction of sp³-hybridized carbons (Fsp3) is 0.600. The maximum Gasteiger partial charge on any atom is 0.180 e. The molecule has 0 radical (unpaired) electrons. The van der Waals surface area contributed by atoms with Gasteiger partial charge in [-0.1, -0.05) is 0 Å². The molecule has 1 aliphatic heterocycles. The van der Waals surface area contributed by atoms with E-state index < -0.39 is 0 Å². The van der Waals surface area contributed by atoms with Crippen LogP contribution in [-0.4, -0.2) is 18.1 Å². The fourth-order valence-corrected chi connectivity index (χ4v) is 1.90. The Labute approximate surface area is 82.9 Å². The predicted molar refractivity (Wildman–Crippen MR) is 50.4 cm³/mol. The van der Waals surface area contributed by atoms with Gasteiger partial charge in [0.05, 0.1) is 17.2 Å². The lowest BCUT2D eigenvalue weighted by Crippen LogP contribution is -2.37. The molecule has 0 spiro atoms. The van der Waals surface area contributed by atoms with Crippen molar-refractivity contribution in [2.24, 2.45) is 5.41 Å². The van der Waals surface area contributed by atoms with Gasteiger partial charge in [0.25, 0.3) is 0 Å². The fourth-order valence-electron chi connectivity index (χ4n) is 1.90. The van der Waals surface area contributed by atoms with E-state index in [0.717, 1.165) is 31.6 Å². The van der Waals surface area contributed by atoms with Crippen LogP contribution in [-0.2, 0) is 6.42 Å². The monoisotopic (exact) mass is 191 g/mol. The van der Waals surface area contributed by atoms with Gasteiger partial charge in [0.2, 0.25) is 0 Å². The Balaban J connectivity index is 2.09. The number of oxazole rings is 1. The molecule has 0 unspecified atom stereocenters. The third-order valence-electron chi connectivity index (χ3n) is 2.80. The Morgan fingerprint density at radius 3 is 2.93 bits per heavy atom. The predicted octanol–water partition coefficient (Wildman–Crippen LogP) is 1.11. The molecule has 1 fully saturated rings. The summed E-state index contributed by atoms with van der Waals surface area (Å²) in [5.41, 5.74) is 0.649. The zero-order valence-electron chi connectivity index (χ0n) is 7.99. The molecular formula is C10H13N3O. The number of nitrogens with one attached hydrogen (secondary N) is 1. The van der Waals surface area contributed by atoms with Crippen molar-refractivity contribution in [3.8, 4) is 6.07 Å². The molecule has 0 aliphatic carbocycles. The maximum absolute atomic E-state index is 9.20. The van der Waals surface area contributed by atoms with Crippen molar-refractivity contribution in [2.45, 2.75) is 19.3 Å². The van der Waals surface area contributed by atoms with Crippen molar-refractivity contribution >= 4 is 0 Å². The Kier molecular flexibility index (Phi) is 2.51. The van der Waals surface area contributed by atoms with Gasteiger partial charge in [-0.05, 0) is 25.9 Å². The summed E-state index contributed by atoms with van der Waals surface area (Å²) < 4.78 is 4.91. The number of hydrogen-bond donors (Lipinski definition) is 1. The van der Waals surface area contributed by atoms with E-state index in [4.69, 9.17) is 4.42 Å². The summed E-state index contributed by atoms with van der Waals surface area (Å²) in [4.78, 5) is 4.07. The van der Waals surface area contributed by atoms with Crippen molar-refractivity contribution < 1.29 is 4.42 Å². The zero-order valence-corrected chi connectivity index (χ0v) is 7.99. The van der Waals surface area contributed by atoms with Crippen LogP contribution < -0.4 is 5.32 Å². The number of nitriles is 1. The summed E-state index contributed by atoms with van der Waals surface area (Å²) in [5, 5.41) is 12.5. The average molecular weight is 191 g/mol. The first kappa shape index (κ1) is 9.22. The highest BCUT2D eigenvalue weighted by atomic mass is 16.3. The van der Waals surface area contributed by atoms with Gasteiger partial charge in [-0.15, -0.1) is 0 Å². The van der Waals surface area contributed by atoms with Crippen molar-refractivity contribution in [3.63, 3.8) is 0 Å². The molecule has 0 saturated carbocycles. The highest BCUT2D eigenvalue weighted by molar-refractivity contribution is 5.09. The molecule has 0 bridgehead atoms. The molecule has 74 valence electrons. The second-order valence-electron chi connectivity index (χ2n) is 3.80. The molecule has 1 aliphatic rings. The zero-order chi connectivity index (χ0) is 9.86. The molecule has 1 saturated heterocycles. The van der Waals surface area contributed by atoms with Gasteiger partial charge < -0.3 is 9.73 Å². The summed E-state index contributed by atoms with van der Waals surface area (Å²) in [6, 6.07) is 2.43. The standard InChI is InChI=1S/C10H13N3O/c11-7-10(1-3-12-4-2-10)5-9-6-14-8-13-9/h6,8,12H,1-5H2. The van der Waals surface area contributed by atoms with E-state index in [0.29, 0.717) is 6.42 Å². The highest BCUT2D eigenvalue weighted by Gasteiger charge is 2.32. The molecular weight excluding hydrogens is 178 g/mol. The topological polar surface area (TPSA) is 61.9 Å². The minimum Gasteiger partial charge on any atom is -0.451 e. The van der Waals surface area contributed by atoms with Crippen LogP contribution in [0.1, 0.15) is 18.5 Å². The van der Waals surface area contributed by atoms with E-state index >= 15 is 0 Å². The molecule has 1 aromatic heterocycles. The van der Waals surface area contributed by atoms with Crippen LogP contribution >= 0.6 is 0 Å². The average Bonchev–Trinajstić information content (AvgIpc) is 2.72. The van der Waals surface area contributed by atoms with E-state index in [1.165, 1.54) is 6.39 Å². The van der Waals surface area contributed by atoms with Gasteiger partial charge >= 0.3 is 0 Å². The quantitative estimate of drug-likeness (QED) is 0.760. The summed E-state index contributed by atoms with van der Waals surface area (Å²) in [5.74, 6) is 0. The molecule has 1 N–H and O–H groups in total. The van der Waals surface area contributed by atoms with Crippen LogP contribution in [0, 0.1) is 16.7 Å². The van der Waals surface area contributed by atoms with E-state index in [-0.39, 0.29) is 5.41 Å². The Hall–Kier alpha value is -1.34. The largest absolute Gasteiger partial charge is 0.451 e. The van der Waals surface area contributed by atoms with Crippen LogP contribution in [0.15, 0.2) is 17.1 Å². The molecule has 2 heterocycles. The lowest BCUT2D eigenvalue weighted by atomic mass is 9.77. The Bertz CT molecular complexity index is 320. The second kappa shape index (κ2) is 3.81. The van der Waals surface area contributed by atoms with E-state index in [1.54, 1.807) is 6.26 Å². The van der Waals surface area contributed by atoms with E-state index in [1.807, 2.05) is 0 Å². The molecule has 0 aromatic carbocycles. The van der Waals surface area contributed by atoms with Gasteiger partial charge in [-0.25, -0.2) is 4.98 Å². The second-order valence-corrected chi connectivity index (χ2v) is 3.80. The lowest BCUT2D eigenvalue weighted by Gasteiger charge is -2.30. The molecule has 4 nitrogen and oxygen atoms in total. The van der Waals surface area contributed by atoms with Crippen molar-refractivity contribution in [3.05, 3.63) is 18.4 Å². The molecule has 1 aromatic rings. The van der Waals surface area contributed by atoms with Crippen molar-refractivity contribution in [1.82, 2.24) is 10.3 Å². The normalized spacial score (nSPS) is 20.2. The van der Waals surface area contributed by atoms with Gasteiger partial charge in [0.15, 0.2) is 6.39 Å². The summed E-state index contributed by atoms with van der Waals surface area (Å²) in [6.45, 7) is 1.84. The first-order valence-corrected chi connectivity index (χ1v) is 4.84. The molecule has 4 heteroatoms. The van der Waals surface area contributed by atoms with Gasteiger partial charge in [-0.2, -0.15) is 5.26 Å². The van der Waals surface area contributed by atoms with Crippen molar-refractivity contribution in [1.29, 1.82) is 5.26 Å². The molecule has 14 heavy (non-hydrogen) atoms. The lowest BCUT2D eigenvalue weighted by molar-refractivity contribution is 0.278. The first-order valence-electron chi connectivity index (χ1n) is 4.84. The molecule has 0 amide bonds. The van der Waals surface area contributed by atoms with Crippen LogP contribution in [0.3, 0.4) is 0 Å². The van der Waals surface area contributed by atoms with Gasteiger partial charge in [0.1, 0.15) is 6.26 Å².